The molecular weight excluding hydrogens is 576 g/mol. The first-order valence-electron chi connectivity index (χ1n) is 15.7. The van der Waals surface area contributed by atoms with Crippen LogP contribution in [0, 0.1) is 0 Å². The minimum atomic E-state index is -0.427. The second-order valence-corrected chi connectivity index (χ2v) is 11.7. The van der Waals surface area contributed by atoms with Crippen molar-refractivity contribution in [2.75, 3.05) is 0 Å². The molecule has 2 aromatic heterocycles. The van der Waals surface area contributed by atoms with Gasteiger partial charge in [0.2, 0.25) is 5.71 Å². The van der Waals surface area contributed by atoms with Gasteiger partial charge in [-0.3, -0.25) is 0 Å². The van der Waals surface area contributed by atoms with Gasteiger partial charge < -0.3 is 9.73 Å². The third-order valence-electron chi connectivity index (χ3n) is 8.77. The van der Waals surface area contributed by atoms with Crippen LogP contribution in [0.25, 0.3) is 55.2 Å². The number of nitrogens with one attached hydrogen (secondary N) is 1. The van der Waals surface area contributed by atoms with Crippen LogP contribution < -0.4 is 5.32 Å². The Kier molecular flexibility index (Phi) is 6.46. The molecule has 1 unspecified atom stereocenters. The van der Waals surface area contributed by atoms with Crippen LogP contribution in [0.5, 0.6) is 0 Å². The van der Waals surface area contributed by atoms with Gasteiger partial charge >= 0.3 is 0 Å². The molecule has 222 valence electrons. The van der Waals surface area contributed by atoms with Gasteiger partial charge in [0, 0.05) is 27.3 Å². The van der Waals surface area contributed by atoms with Crippen molar-refractivity contribution < 1.29 is 4.42 Å². The summed E-state index contributed by atoms with van der Waals surface area (Å²) >= 11 is 0. The number of rotatable bonds is 5. The Labute approximate surface area is 271 Å². The maximum atomic E-state index is 6.28. The summed E-state index contributed by atoms with van der Waals surface area (Å²) in [6, 6.07) is 54.3. The van der Waals surface area contributed by atoms with Crippen molar-refractivity contribution in [3.63, 3.8) is 0 Å². The topological polar surface area (TPSA) is 62.8 Å². The van der Waals surface area contributed by atoms with Gasteiger partial charge in [0.25, 0.3) is 0 Å². The molecule has 5 heteroatoms. The molecule has 0 radical (unpaired) electrons. The molecule has 3 heterocycles. The van der Waals surface area contributed by atoms with E-state index < -0.39 is 6.17 Å². The van der Waals surface area contributed by atoms with Crippen molar-refractivity contribution in [1.82, 2.24) is 10.3 Å². The lowest BCUT2D eigenvalue weighted by molar-refractivity contribution is 0.656. The van der Waals surface area contributed by atoms with E-state index in [2.05, 4.69) is 108 Å². The molecule has 1 atom stereocenters. The van der Waals surface area contributed by atoms with E-state index in [1.165, 1.54) is 16.7 Å². The van der Waals surface area contributed by atoms with Crippen molar-refractivity contribution in [3.05, 3.63) is 174 Å². The van der Waals surface area contributed by atoms with Crippen molar-refractivity contribution in [2.24, 2.45) is 9.98 Å². The van der Waals surface area contributed by atoms with Gasteiger partial charge in [-0.1, -0.05) is 140 Å². The lowest BCUT2D eigenvalue weighted by Crippen LogP contribution is -2.36. The van der Waals surface area contributed by atoms with E-state index in [4.69, 9.17) is 19.4 Å². The third kappa shape index (κ3) is 4.95. The Bertz CT molecular complexity index is 2460. The van der Waals surface area contributed by atoms with Gasteiger partial charge in [-0.2, -0.15) is 0 Å². The highest BCUT2D eigenvalue weighted by Gasteiger charge is 2.24. The predicted molar refractivity (Wildman–Crippen MR) is 192 cm³/mol. The monoisotopic (exact) mass is 604 g/mol. The summed E-state index contributed by atoms with van der Waals surface area (Å²) < 4.78 is 6.28. The first-order chi connectivity index (χ1) is 23.3. The molecule has 0 bridgehead atoms. The molecule has 47 heavy (non-hydrogen) atoms. The van der Waals surface area contributed by atoms with Crippen molar-refractivity contribution >= 4 is 44.6 Å². The second-order valence-electron chi connectivity index (χ2n) is 11.7. The summed E-state index contributed by atoms with van der Waals surface area (Å²) in [5, 5.41) is 6.57. The van der Waals surface area contributed by atoms with E-state index in [9.17, 15) is 0 Å². The summed E-state index contributed by atoms with van der Waals surface area (Å²) in [6.45, 7) is 0. The number of para-hydroxylation sites is 1. The molecular formula is C42H28N4O. The molecule has 9 rings (SSSR count). The molecule has 0 saturated heterocycles. The molecule has 0 spiro atoms. The Morgan fingerprint density at radius 3 is 1.83 bits per heavy atom. The number of benzene rings is 6. The quantitative estimate of drug-likeness (QED) is 0.213. The molecule has 6 aromatic carbocycles. The van der Waals surface area contributed by atoms with E-state index in [1.54, 1.807) is 0 Å². The zero-order valence-electron chi connectivity index (χ0n) is 25.3. The van der Waals surface area contributed by atoms with Gasteiger partial charge in [0.05, 0.1) is 5.52 Å². The van der Waals surface area contributed by atoms with Crippen LogP contribution in [-0.4, -0.2) is 16.7 Å². The minimum absolute atomic E-state index is 0.427. The van der Waals surface area contributed by atoms with Crippen LogP contribution in [-0.2, 0) is 0 Å². The molecule has 1 aliphatic heterocycles. The molecule has 0 aliphatic carbocycles. The van der Waals surface area contributed by atoms with Crippen molar-refractivity contribution in [1.29, 1.82) is 0 Å². The summed E-state index contributed by atoms with van der Waals surface area (Å²) in [6.07, 6.45) is -0.427. The molecule has 5 nitrogen and oxygen atoms in total. The van der Waals surface area contributed by atoms with E-state index >= 15 is 0 Å². The largest absolute Gasteiger partial charge is 0.438 e. The Balaban J connectivity index is 1.12. The number of aromatic nitrogens is 1. The highest BCUT2D eigenvalue weighted by atomic mass is 16.3. The standard InChI is InChI=1S/C42H28N4O/c1-3-10-27(11-4-1)28-18-20-29(21-19-28)30-22-24-32(25-23-30)40-44-39(31-12-5-2-6-13-31)45-41(46-40)34-15-9-17-37-38(34)35-26-33-14-7-8-16-36(33)43-42(35)47-37/h1-26,40H,(H,44,45,46). The second kappa shape index (κ2) is 11.2. The van der Waals surface area contributed by atoms with E-state index in [1.807, 2.05) is 54.6 Å². The lowest BCUT2D eigenvalue weighted by atomic mass is 9.99. The van der Waals surface area contributed by atoms with Gasteiger partial charge in [-0.15, -0.1) is 0 Å². The molecule has 1 N–H and O–H groups in total. The molecule has 1 aliphatic rings. The number of aliphatic imine (C=N–C) groups is 2. The zero-order chi connectivity index (χ0) is 31.2. The van der Waals surface area contributed by atoms with Gasteiger partial charge in [0.15, 0.2) is 6.17 Å². The number of hydrogen-bond acceptors (Lipinski definition) is 5. The lowest BCUT2D eigenvalue weighted by Gasteiger charge is -2.23. The Morgan fingerprint density at radius 1 is 0.511 bits per heavy atom. The van der Waals surface area contributed by atoms with Crippen LogP contribution in [0.15, 0.2) is 172 Å². The number of amidine groups is 2. The number of fused-ring (bicyclic) bond motifs is 4. The van der Waals surface area contributed by atoms with Crippen LogP contribution in [0.4, 0.5) is 0 Å². The minimum Gasteiger partial charge on any atom is -0.438 e. The van der Waals surface area contributed by atoms with Crippen LogP contribution in [0.1, 0.15) is 22.9 Å². The fourth-order valence-electron chi connectivity index (χ4n) is 6.36. The normalized spacial score (nSPS) is 14.6. The zero-order valence-corrected chi connectivity index (χ0v) is 25.3. The SMILES string of the molecule is c1ccc(C2=NC(c3ccc(-c4ccc(-c5ccccc5)cc4)cc3)N=C(c3cccc4oc5nc6ccccc6cc5c34)N2)cc1. The predicted octanol–water partition coefficient (Wildman–Crippen LogP) is 9.96. The number of furan rings is 1. The van der Waals surface area contributed by atoms with Gasteiger partial charge in [0.1, 0.15) is 17.3 Å². The molecule has 8 aromatic rings. The Morgan fingerprint density at radius 2 is 1.11 bits per heavy atom. The van der Waals surface area contributed by atoms with Crippen molar-refractivity contribution in [3.8, 4) is 22.3 Å². The van der Waals surface area contributed by atoms with Gasteiger partial charge in [-0.05, 0) is 46.0 Å². The number of nitrogens with zero attached hydrogens (tertiary/aromatic N) is 3. The molecule has 0 saturated carbocycles. The van der Waals surface area contributed by atoms with Crippen LogP contribution in [0.3, 0.4) is 0 Å². The average Bonchev–Trinajstić information content (AvgIpc) is 3.52. The van der Waals surface area contributed by atoms with E-state index in [-0.39, 0.29) is 0 Å². The number of pyridine rings is 1. The maximum absolute atomic E-state index is 6.28. The molecule has 0 fully saturated rings. The smallest absolute Gasteiger partial charge is 0.227 e. The Hall–Kier alpha value is -6.33. The number of hydrogen-bond donors (Lipinski definition) is 1. The third-order valence-corrected chi connectivity index (χ3v) is 8.77. The molecule has 0 amide bonds. The highest BCUT2D eigenvalue weighted by Crippen LogP contribution is 2.35. The first kappa shape index (κ1) is 27.0. The van der Waals surface area contributed by atoms with E-state index in [0.29, 0.717) is 5.71 Å². The maximum Gasteiger partial charge on any atom is 0.227 e. The fraction of sp³-hybridized carbons (Fsp3) is 0.0238. The summed E-state index contributed by atoms with van der Waals surface area (Å²) in [5.41, 5.74) is 9.98. The fourth-order valence-corrected chi connectivity index (χ4v) is 6.36. The van der Waals surface area contributed by atoms with Crippen LogP contribution in [0.2, 0.25) is 0 Å². The summed E-state index contributed by atoms with van der Waals surface area (Å²) in [4.78, 5) is 15.1. The summed E-state index contributed by atoms with van der Waals surface area (Å²) in [7, 11) is 0. The van der Waals surface area contributed by atoms with Crippen LogP contribution >= 0.6 is 0 Å². The van der Waals surface area contributed by atoms with Crippen molar-refractivity contribution in [2.45, 2.75) is 6.17 Å². The first-order valence-corrected chi connectivity index (χ1v) is 15.7. The average molecular weight is 605 g/mol. The summed E-state index contributed by atoms with van der Waals surface area (Å²) in [5.74, 6) is 1.51. The van der Waals surface area contributed by atoms with E-state index in [0.717, 1.165) is 61.2 Å². The van der Waals surface area contributed by atoms with Gasteiger partial charge in [-0.25, -0.2) is 15.0 Å². The highest BCUT2D eigenvalue weighted by molar-refractivity contribution is 6.23.